The molecule has 1 unspecified atom stereocenters. The lowest BCUT2D eigenvalue weighted by Crippen LogP contribution is -2.49. The molecule has 0 bridgehead atoms. The Morgan fingerprint density at radius 1 is 1.24 bits per heavy atom. The standard InChI is InChI=1S/C20H25N3O2/c1-14-12-16(23(2)3)8-9-18(14)21-19(25)22-20(13-24)11-10-15-6-4-5-7-17(15)20/h4-9,12,24H,10-11,13H2,1-3H3,(H2,21,22,25). The van der Waals surface area contributed by atoms with Crippen LogP contribution in [0.25, 0.3) is 0 Å². The Labute approximate surface area is 148 Å². The van der Waals surface area contributed by atoms with Gasteiger partial charge in [-0.3, -0.25) is 0 Å². The van der Waals surface area contributed by atoms with Crippen molar-refractivity contribution >= 4 is 17.4 Å². The highest BCUT2D eigenvalue weighted by Crippen LogP contribution is 2.36. The van der Waals surface area contributed by atoms with Gasteiger partial charge >= 0.3 is 6.03 Å². The van der Waals surface area contributed by atoms with Crippen molar-refractivity contribution in [2.24, 2.45) is 0 Å². The summed E-state index contributed by atoms with van der Waals surface area (Å²) in [6.07, 6.45) is 1.56. The molecule has 0 spiro atoms. The van der Waals surface area contributed by atoms with Gasteiger partial charge in [0, 0.05) is 25.5 Å². The predicted octanol–water partition coefficient (Wildman–Crippen LogP) is 3.02. The highest BCUT2D eigenvalue weighted by atomic mass is 16.3. The van der Waals surface area contributed by atoms with Crippen molar-refractivity contribution < 1.29 is 9.90 Å². The van der Waals surface area contributed by atoms with Gasteiger partial charge in [0.2, 0.25) is 0 Å². The average molecular weight is 339 g/mol. The maximum atomic E-state index is 12.6. The monoisotopic (exact) mass is 339 g/mol. The molecule has 5 heteroatoms. The third kappa shape index (κ3) is 3.33. The second-order valence-electron chi connectivity index (χ2n) is 6.87. The number of nitrogens with zero attached hydrogens (tertiary/aromatic N) is 1. The van der Waals surface area contributed by atoms with Crippen LogP contribution in [-0.2, 0) is 12.0 Å². The van der Waals surface area contributed by atoms with Gasteiger partial charge in [-0.15, -0.1) is 0 Å². The number of aryl methyl sites for hydroxylation is 2. The van der Waals surface area contributed by atoms with E-state index in [0.29, 0.717) is 6.42 Å². The third-order valence-corrected chi connectivity index (χ3v) is 4.95. The highest BCUT2D eigenvalue weighted by Gasteiger charge is 2.39. The van der Waals surface area contributed by atoms with E-state index in [1.165, 1.54) is 5.56 Å². The lowest BCUT2D eigenvalue weighted by atomic mass is 9.93. The molecule has 0 saturated carbocycles. The molecule has 3 rings (SSSR count). The van der Waals surface area contributed by atoms with Gasteiger partial charge in [0.1, 0.15) is 0 Å². The van der Waals surface area contributed by atoms with Gasteiger partial charge < -0.3 is 20.6 Å². The fourth-order valence-electron chi connectivity index (χ4n) is 3.46. The number of hydrogen-bond acceptors (Lipinski definition) is 3. The Kier molecular flexibility index (Phi) is 4.68. The minimum Gasteiger partial charge on any atom is -0.394 e. The van der Waals surface area contributed by atoms with Crippen LogP contribution in [0.15, 0.2) is 42.5 Å². The number of carbonyl (C=O) groups is 1. The topological polar surface area (TPSA) is 64.6 Å². The largest absolute Gasteiger partial charge is 0.394 e. The van der Waals surface area contributed by atoms with Crippen LogP contribution in [0.5, 0.6) is 0 Å². The number of urea groups is 1. The van der Waals surface area contributed by atoms with Crippen molar-refractivity contribution in [3.05, 3.63) is 59.2 Å². The number of aliphatic hydroxyl groups excluding tert-OH is 1. The van der Waals surface area contributed by atoms with Gasteiger partial charge in [0.05, 0.1) is 12.1 Å². The molecule has 132 valence electrons. The Morgan fingerprint density at radius 2 is 2.00 bits per heavy atom. The number of amides is 2. The number of nitrogens with one attached hydrogen (secondary N) is 2. The number of rotatable bonds is 4. The molecule has 1 atom stereocenters. The zero-order chi connectivity index (χ0) is 18.0. The number of carbonyl (C=O) groups excluding carboxylic acids is 1. The van der Waals surface area contributed by atoms with Gasteiger partial charge in [-0.2, -0.15) is 0 Å². The van der Waals surface area contributed by atoms with Crippen LogP contribution in [0.3, 0.4) is 0 Å². The predicted molar refractivity (Wildman–Crippen MR) is 101 cm³/mol. The molecule has 25 heavy (non-hydrogen) atoms. The average Bonchev–Trinajstić information content (AvgIpc) is 2.96. The summed E-state index contributed by atoms with van der Waals surface area (Å²) >= 11 is 0. The van der Waals surface area contributed by atoms with Crippen LogP contribution in [0, 0.1) is 6.92 Å². The Bertz CT molecular complexity index is 788. The van der Waals surface area contributed by atoms with Gasteiger partial charge in [0.25, 0.3) is 0 Å². The van der Waals surface area contributed by atoms with Crippen LogP contribution < -0.4 is 15.5 Å². The quantitative estimate of drug-likeness (QED) is 0.802. The SMILES string of the molecule is Cc1cc(N(C)C)ccc1NC(=O)NC1(CO)CCc2ccccc21. The normalized spacial score (nSPS) is 18.6. The maximum absolute atomic E-state index is 12.6. The number of anilines is 2. The van der Waals surface area contributed by atoms with E-state index in [1.807, 2.05) is 62.3 Å². The number of aliphatic hydroxyl groups is 1. The molecule has 2 amide bonds. The van der Waals surface area contributed by atoms with Crippen LogP contribution >= 0.6 is 0 Å². The zero-order valence-corrected chi connectivity index (χ0v) is 15.0. The molecule has 1 aliphatic carbocycles. The van der Waals surface area contributed by atoms with E-state index in [9.17, 15) is 9.90 Å². The van der Waals surface area contributed by atoms with E-state index in [1.54, 1.807) is 0 Å². The zero-order valence-electron chi connectivity index (χ0n) is 15.0. The minimum absolute atomic E-state index is 0.115. The number of hydrogen-bond donors (Lipinski definition) is 3. The first-order valence-corrected chi connectivity index (χ1v) is 8.51. The molecule has 0 saturated heterocycles. The van der Waals surface area contributed by atoms with Crippen molar-refractivity contribution in [2.45, 2.75) is 25.3 Å². The van der Waals surface area contributed by atoms with E-state index in [0.717, 1.165) is 28.9 Å². The number of fused-ring (bicyclic) bond motifs is 1. The number of benzene rings is 2. The van der Waals surface area contributed by atoms with Crippen molar-refractivity contribution in [1.82, 2.24) is 5.32 Å². The van der Waals surface area contributed by atoms with E-state index in [2.05, 4.69) is 16.7 Å². The highest BCUT2D eigenvalue weighted by molar-refractivity contribution is 5.91. The summed E-state index contributed by atoms with van der Waals surface area (Å²) < 4.78 is 0. The minimum atomic E-state index is -0.710. The van der Waals surface area contributed by atoms with Crippen molar-refractivity contribution in [3.8, 4) is 0 Å². The van der Waals surface area contributed by atoms with Crippen molar-refractivity contribution in [3.63, 3.8) is 0 Å². The fraction of sp³-hybridized carbons (Fsp3) is 0.350. The van der Waals surface area contributed by atoms with Gasteiger partial charge in [-0.25, -0.2) is 4.79 Å². The molecular weight excluding hydrogens is 314 g/mol. The molecule has 3 N–H and O–H groups in total. The van der Waals surface area contributed by atoms with Crippen molar-refractivity contribution in [1.29, 1.82) is 0 Å². The van der Waals surface area contributed by atoms with E-state index in [4.69, 9.17) is 0 Å². The first kappa shape index (κ1) is 17.3. The maximum Gasteiger partial charge on any atom is 0.320 e. The molecule has 0 aliphatic heterocycles. The summed E-state index contributed by atoms with van der Waals surface area (Å²) in [5, 5.41) is 15.9. The Hall–Kier alpha value is -2.53. The summed E-state index contributed by atoms with van der Waals surface area (Å²) in [5.74, 6) is 0. The molecule has 0 aromatic heterocycles. The summed E-state index contributed by atoms with van der Waals surface area (Å²) in [4.78, 5) is 14.6. The van der Waals surface area contributed by atoms with Crippen LogP contribution in [0.4, 0.5) is 16.2 Å². The summed E-state index contributed by atoms with van der Waals surface area (Å²) in [6, 6.07) is 13.6. The van der Waals surface area contributed by atoms with Crippen LogP contribution in [0.1, 0.15) is 23.1 Å². The van der Waals surface area contributed by atoms with Crippen molar-refractivity contribution in [2.75, 3.05) is 30.9 Å². The lowest BCUT2D eigenvalue weighted by molar-refractivity contribution is 0.164. The van der Waals surface area contributed by atoms with Crippen LogP contribution in [-0.4, -0.2) is 31.8 Å². The summed E-state index contributed by atoms with van der Waals surface area (Å²) in [6.45, 7) is 1.85. The molecule has 0 fully saturated rings. The second kappa shape index (κ2) is 6.76. The smallest absolute Gasteiger partial charge is 0.320 e. The Balaban J connectivity index is 1.77. The second-order valence-corrected chi connectivity index (χ2v) is 6.87. The molecule has 2 aromatic carbocycles. The molecule has 5 nitrogen and oxygen atoms in total. The van der Waals surface area contributed by atoms with Gasteiger partial charge in [-0.05, 0) is 54.7 Å². The Morgan fingerprint density at radius 3 is 2.68 bits per heavy atom. The van der Waals surface area contributed by atoms with Gasteiger partial charge in [0.15, 0.2) is 0 Å². The van der Waals surface area contributed by atoms with E-state index in [-0.39, 0.29) is 12.6 Å². The fourth-order valence-corrected chi connectivity index (χ4v) is 3.46. The molecule has 0 radical (unpaired) electrons. The van der Waals surface area contributed by atoms with E-state index < -0.39 is 5.54 Å². The molecular formula is C20H25N3O2. The summed E-state index contributed by atoms with van der Waals surface area (Å²) in [7, 11) is 3.97. The first-order chi connectivity index (χ1) is 11.9. The van der Waals surface area contributed by atoms with Gasteiger partial charge in [-0.1, -0.05) is 24.3 Å². The summed E-state index contributed by atoms with van der Waals surface area (Å²) in [5.41, 5.74) is 4.32. The molecule has 0 heterocycles. The third-order valence-electron chi connectivity index (χ3n) is 4.95. The molecule has 2 aromatic rings. The lowest BCUT2D eigenvalue weighted by Gasteiger charge is -2.30. The molecule has 1 aliphatic rings. The van der Waals surface area contributed by atoms with Crippen LogP contribution in [0.2, 0.25) is 0 Å². The first-order valence-electron chi connectivity index (χ1n) is 8.51. The van der Waals surface area contributed by atoms with E-state index >= 15 is 0 Å².